The molecule has 0 spiro atoms. The fourth-order valence-corrected chi connectivity index (χ4v) is 2.28. The van der Waals surface area contributed by atoms with Gasteiger partial charge in [-0.15, -0.1) is 0 Å². The monoisotopic (exact) mass is 199 g/mol. The van der Waals surface area contributed by atoms with Crippen LogP contribution in [0.2, 0.25) is 0 Å². The van der Waals surface area contributed by atoms with Crippen LogP contribution < -0.4 is 5.43 Å². The highest BCUT2D eigenvalue weighted by Crippen LogP contribution is 2.20. The zero-order valence-electron chi connectivity index (χ0n) is 10.1. The molecule has 1 rings (SSSR count). The molecule has 84 valence electrons. The van der Waals surface area contributed by atoms with Crippen molar-refractivity contribution in [2.75, 3.05) is 33.7 Å². The van der Waals surface area contributed by atoms with Gasteiger partial charge in [-0.2, -0.15) is 0 Å². The van der Waals surface area contributed by atoms with Crippen LogP contribution in [0.1, 0.15) is 26.7 Å². The summed E-state index contributed by atoms with van der Waals surface area (Å²) in [5, 5.41) is 2.07. The first kappa shape index (κ1) is 12.0. The van der Waals surface area contributed by atoms with Crippen LogP contribution in [0.3, 0.4) is 0 Å². The Labute approximate surface area is 88.4 Å². The van der Waals surface area contributed by atoms with E-state index in [-0.39, 0.29) is 0 Å². The van der Waals surface area contributed by atoms with E-state index in [1.807, 2.05) is 0 Å². The Kier molecular flexibility index (Phi) is 4.85. The van der Waals surface area contributed by atoms with Crippen LogP contribution in [0.15, 0.2) is 0 Å². The van der Waals surface area contributed by atoms with Crippen LogP contribution >= 0.6 is 0 Å². The van der Waals surface area contributed by atoms with Gasteiger partial charge < -0.3 is 4.90 Å². The SMILES string of the molecule is CCN1CCC(C(C)NN(C)C)CC1. The Morgan fingerprint density at radius 2 is 1.93 bits per heavy atom. The zero-order chi connectivity index (χ0) is 10.6. The molecule has 0 bridgehead atoms. The normalized spacial score (nSPS) is 22.9. The van der Waals surface area contributed by atoms with Gasteiger partial charge in [0.1, 0.15) is 0 Å². The summed E-state index contributed by atoms with van der Waals surface area (Å²) in [5.41, 5.74) is 3.46. The first-order valence-electron chi connectivity index (χ1n) is 5.79. The van der Waals surface area contributed by atoms with Crippen molar-refractivity contribution in [3.05, 3.63) is 0 Å². The minimum Gasteiger partial charge on any atom is -0.304 e. The number of nitrogens with zero attached hydrogens (tertiary/aromatic N) is 2. The predicted molar refractivity (Wildman–Crippen MR) is 61.1 cm³/mol. The van der Waals surface area contributed by atoms with E-state index in [2.05, 4.69) is 43.3 Å². The minimum atomic E-state index is 0.615. The summed E-state index contributed by atoms with van der Waals surface area (Å²) < 4.78 is 0. The predicted octanol–water partition coefficient (Wildman–Crippen LogP) is 1.17. The maximum atomic E-state index is 3.46. The van der Waals surface area contributed by atoms with Crippen molar-refractivity contribution in [3.8, 4) is 0 Å². The quantitative estimate of drug-likeness (QED) is 0.686. The number of hydrogen-bond donors (Lipinski definition) is 1. The zero-order valence-corrected chi connectivity index (χ0v) is 10.1. The second-order valence-electron chi connectivity index (χ2n) is 4.58. The number of hydrogen-bond acceptors (Lipinski definition) is 3. The molecule has 1 aliphatic rings. The van der Waals surface area contributed by atoms with Crippen molar-refractivity contribution in [1.29, 1.82) is 0 Å². The molecule has 0 saturated carbocycles. The summed E-state index contributed by atoms with van der Waals surface area (Å²) in [4.78, 5) is 2.54. The van der Waals surface area contributed by atoms with E-state index in [9.17, 15) is 0 Å². The second kappa shape index (κ2) is 5.69. The van der Waals surface area contributed by atoms with Gasteiger partial charge in [0.25, 0.3) is 0 Å². The number of hydrazine groups is 1. The molecular weight excluding hydrogens is 174 g/mol. The molecule has 1 saturated heterocycles. The lowest BCUT2D eigenvalue weighted by molar-refractivity contribution is 0.134. The molecule has 1 heterocycles. The molecule has 1 unspecified atom stereocenters. The molecule has 3 heteroatoms. The summed E-state index contributed by atoms with van der Waals surface area (Å²) in [7, 11) is 4.13. The third-order valence-electron chi connectivity index (χ3n) is 3.25. The summed E-state index contributed by atoms with van der Waals surface area (Å²) in [6, 6.07) is 0.615. The highest BCUT2D eigenvalue weighted by molar-refractivity contribution is 4.78. The van der Waals surface area contributed by atoms with Gasteiger partial charge in [0.05, 0.1) is 0 Å². The Morgan fingerprint density at radius 3 is 2.36 bits per heavy atom. The molecule has 14 heavy (non-hydrogen) atoms. The molecule has 1 N–H and O–H groups in total. The summed E-state index contributed by atoms with van der Waals surface area (Å²) in [5.74, 6) is 0.847. The van der Waals surface area contributed by atoms with Gasteiger partial charge >= 0.3 is 0 Å². The van der Waals surface area contributed by atoms with E-state index < -0.39 is 0 Å². The fraction of sp³-hybridized carbons (Fsp3) is 1.00. The van der Waals surface area contributed by atoms with Crippen molar-refractivity contribution >= 4 is 0 Å². The lowest BCUT2D eigenvalue weighted by atomic mass is 9.91. The molecule has 0 amide bonds. The molecular formula is C11H25N3. The summed E-state index contributed by atoms with van der Waals surface area (Å²) in [6.45, 7) is 8.32. The van der Waals surface area contributed by atoms with E-state index in [4.69, 9.17) is 0 Å². The third kappa shape index (κ3) is 3.56. The molecule has 1 atom stereocenters. The minimum absolute atomic E-state index is 0.615. The van der Waals surface area contributed by atoms with Crippen molar-refractivity contribution < 1.29 is 0 Å². The summed E-state index contributed by atoms with van der Waals surface area (Å²) >= 11 is 0. The van der Waals surface area contributed by atoms with Crippen molar-refractivity contribution in [3.63, 3.8) is 0 Å². The smallest absolute Gasteiger partial charge is 0.0216 e. The van der Waals surface area contributed by atoms with Crippen LogP contribution in [0.25, 0.3) is 0 Å². The maximum absolute atomic E-state index is 3.46. The Hall–Kier alpha value is -0.120. The number of rotatable bonds is 4. The van der Waals surface area contributed by atoms with Crippen LogP contribution in [-0.4, -0.2) is 49.7 Å². The van der Waals surface area contributed by atoms with E-state index in [1.165, 1.54) is 32.5 Å². The van der Waals surface area contributed by atoms with E-state index in [1.54, 1.807) is 0 Å². The van der Waals surface area contributed by atoms with Gasteiger partial charge in [-0.25, -0.2) is 0 Å². The van der Waals surface area contributed by atoms with E-state index in [0.29, 0.717) is 6.04 Å². The fourth-order valence-electron chi connectivity index (χ4n) is 2.28. The average Bonchev–Trinajstić information content (AvgIpc) is 2.17. The average molecular weight is 199 g/mol. The largest absolute Gasteiger partial charge is 0.304 e. The molecule has 1 fully saturated rings. The molecule has 0 aromatic carbocycles. The van der Waals surface area contributed by atoms with Crippen molar-refractivity contribution in [2.24, 2.45) is 5.92 Å². The molecule has 0 aromatic heterocycles. The van der Waals surface area contributed by atoms with Gasteiger partial charge in [-0.05, 0) is 45.3 Å². The number of likely N-dealkylation sites (tertiary alicyclic amines) is 1. The van der Waals surface area contributed by atoms with Gasteiger partial charge in [0, 0.05) is 20.1 Å². The number of piperidine rings is 1. The van der Waals surface area contributed by atoms with E-state index in [0.717, 1.165) is 5.92 Å². The molecule has 0 aromatic rings. The topological polar surface area (TPSA) is 18.5 Å². The lowest BCUT2D eigenvalue weighted by Gasteiger charge is -2.35. The molecule has 3 nitrogen and oxygen atoms in total. The molecule has 0 radical (unpaired) electrons. The molecule has 1 aliphatic heterocycles. The van der Waals surface area contributed by atoms with Crippen LogP contribution in [0.4, 0.5) is 0 Å². The standard InChI is InChI=1S/C11H25N3/c1-5-14-8-6-11(7-9-14)10(2)12-13(3)4/h10-12H,5-9H2,1-4H3. The van der Waals surface area contributed by atoms with Crippen molar-refractivity contribution in [1.82, 2.24) is 15.3 Å². The van der Waals surface area contributed by atoms with Gasteiger partial charge in [0.2, 0.25) is 0 Å². The Balaban J connectivity index is 2.26. The van der Waals surface area contributed by atoms with Crippen LogP contribution in [0, 0.1) is 5.92 Å². The van der Waals surface area contributed by atoms with Crippen LogP contribution in [0.5, 0.6) is 0 Å². The first-order valence-corrected chi connectivity index (χ1v) is 5.79. The van der Waals surface area contributed by atoms with Gasteiger partial charge in [-0.3, -0.25) is 10.4 Å². The highest BCUT2D eigenvalue weighted by atomic mass is 15.5. The molecule has 0 aliphatic carbocycles. The maximum Gasteiger partial charge on any atom is 0.0216 e. The van der Waals surface area contributed by atoms with Crippen molar-refractivity contribution in [2.45, 2.75) is 32.7 Å². The first-order chi connectivity index (χ1) is 6.63. The Bertz CT molecular complexity index is 151. The Morgan fingerprint density at radius 1 is 1.36 bits per heavy atom. The van der Waals surface area contributed by atoms with Gasteiger partial charge in [-0.1, -0.05) is 6.92 Å². The lowest BCUT2D eigenvalue weighted by Crippen LogP contribution is -2.46. The summed E-state index contributed by atoms with van der Waals surface area (Å²) in [6.07, 6.45) is 2.69. The van der Waals surface area contributed by atoms with Gasteiger partial charge in [0.15, 0.2) is 0 Å². The third-order valence-corrected chi connectivity index (χ3v) is 3.25. The van der Waals surface area contributed by atoms with E-state index >= 15 is 0 Å². The van der Waals surface area contributed by atoms with Crippen LogP contribution in [-0.2, 0) is 0 Å². The number of nitrogens with one attached hydrogen (secondary N) is 1. The highest BCUT2D eigenvalue weighted by Gasteiger charge is 2.22. The second-order valence-corrected chi connectivity index (χ2v) is 4.58.